The maximum absolute atomic E-state index is 12.7. The van der Waals surface area contributed by atoms with Crippen LogP contribution < -0.4 is 10.5 Å². The zero-order valence-corrected chi connectivity index (χ0v) is 12.6. The third-order valence-electron chi connectivity index (χ3n) is 3.70. The summed E-state index contributed by atoms with van der Waals surface area (Å²) in [4.78, 5) is 21.8. The smallest absolute Gasteiger partial charge is 0.280 e. The maximum atomic E-state index is 12.7. The Morgan fingerprint density at radius 1 is 1.30 bits per heavy atom. The Labute approximate surface area is 130 Å². The Kier molecular flexibility index (Phi) is 4.37. The number of piperazine rings is 1. The summed E-state index contributed by atoms with van der Waals surface area (Å²) in [5.74, 6) is 0.991. The number of aromatic amines is 1. The molecule has 124 valence electrons. The highest BCUT2D eigenvalue weighted by Gasteiger charge is 2.21. The molecule has 0 spiro atoms. The molecule has 0 radical (unpaired) electrons. The van der Waals surface area contributed by atoms with Gasteiger partial charge in [0.05, 0.1) is 12.2 Å². The summed E-state index contributed by atoms with van der Waals surface area (Å²) in [5, 5.41) is 3.85. The third-order valence-corrected chi connectivity index (χ3v) is 3.70. The van der Waals surface area contributed by atoms with Crippen molar-refractivity contribution in [2.45, 2.75) is 19.9 Å². The molecular formula is C14H17F2N5O2. The molecule has 0 amide bonds. The van der Waals surface area contributed by atoms with Crippen molar-refractivity contribution in [2.24, 2.45) is 0 Å². The molecule has 1 fully saturated rings. The number of alkyl halides is 2. The van der Waals surface area contributed by atoms with Gasteiger partial charge in [0.1, 0.15) is 5.69 Å². The van der Waals surface area contributed by atoms with Crippen LogP contribution in [0.25, 0.3) is 0 Å². The lowest BCUT2D eigenvalue weighted by Gasteiger charge is -2.34. The van der Waals surface area contributed by atoms with Crippen molar-refractivity contribution in [3.63, 3.8) is 0 Å². The highest BCUT2D eigenvalue weighted by atomic mass is 19.3. The summed E-state index contributed by atoms with van der Waals surface area (Å²) in [5.41, 5.74) is -0.225. The average Bonchev–Trinajstić information content (AvgIpc) is 2.92. The number of hydrogen-bond acceptors (Lipinski definition) is 6. The monoisotopic (exact) mass is 325 g/mol. The highest BCUT2D eigenvalue weighted by Crippen LogP contribution is 2.18. The van der Waals surface area contributed by atoms with E-state index in [1.54, 1.807) is 4.90 Å². The molecule has 23 heavy (non-hydrogen) atoms. The molecule has 2 aromatic heterocycles. The third kappa shape index (κ3) is 3.73. The first-order valence-electron chi connectivity index (χ1n) is 7.30. The van der Waals surface area contributed by atoms with Gasteiger partial charge in [0.25, 0.3) is 12.0 Å². The van der Waals surface area contributed by atoms with Crippen LogP contribution in [0.2, 0.25) is 0 Å². The number of aryl methyl sites for hydroxylation is 1. The predicted octanol–water partition coefficient (Wildman–Crippen LogP) is 1.33. The van der Waals surface area contributed by atoms with Crippen molar-refractivity contribution in [3.8, 4) is 0 Å². The van der Waals surface area contributed by atoms with Crippen LogP contribution in [0.4, 0.5) is 14.7 Å². The lowest BCUT2D eigenvalue weighted by molar-refractivity contribution is 0.145. The van der Waals surface area contributed by atoms with Crippen LogP contribution in [0.5, 0.6) is 0 Å². The number of nitrogens with zero attached hydrogens (tertiary/aromatic N) is 4. The fraction of sp³-hybridized carbons (Fsp3) is 0.500. The highest BCUT2D eigenvalue weighted by molar-refractivity contribution is 5.31. The lowest BCUT2D eigenvalue weighted by Crippen LogP contribution is -2.47. The standard InChI is InChI=1S/C14H17F2N5O2/c1-9-6-10(23-19-9)8-20-2-4-21(5-3-20)14-17-11(13(15)16)7-12(22)18-14/h6-7,13H,2-5,8H2,1H3,(H,17,18,22). The van der Waals surface area contributed by atoms with Crippen LogP contribution >= 0.6 is 0 Å². The summed E-state index contributed by atoms with van der Waals surface area (Å²) in [6.45, 7) is 5.11. The SMILES string of the molecule is Cc1cc(CN2CCN(c3nc(C(F)F)cc(=O)[nH]3)CC2)on1. The Balaban J connectivity index is 1.63. The van der Waals surface area contributed by atoms with E-state index in [-0.39, 0.29) is 5.95 Å². The molecule has 1 N–H and O–H groups in total. The van der Waals surface area contributed by atoms with Gasteiger partial charge < -0.3 is 9.42 Å². The molecule has 3 rings (SSSR count). The lowest BCUT2D eigenvalue weighted by atomic mass is 10.3. The second-order valence-electron chi connectivity index (χ2n) is 5.49. The number of anilines is 1. The van der Waals surface area contributed by atoms with E-state index in [0.29, 0.717) is 32.7 Å². The minimum Gasteiger partial charge on any atom is -0.360 e. The summed E-state index contributed by atoms with van der Waals surface area (Å²) in [6, 6.07) is 2.72. The second kappa shape index (κ2) is 6.45. The Bertz CT molecular complexity index is 722. The van der Waals surface area contributed by atoms with Crippen LogP contribution in [-0.2, 0) is 6.54 Å². The van der Waals surface area contributed by atoms with E-state index in [0.717, 1.165) is 17.5 Å². The molecule has 0 saturated carbocycles. The first-order valence-corrected chi connectivity index (χ1v) is 7.30. The molecule has 9 heteroatoms. The second-order valence-corrected chi connectivity index (χ2v) is 5.49. The number of aromatic nitrogens is 3. The molecule has 3 heterocycles. The number of rotatable bonds is 4. The molecule has 1 aliphatic heterocycles. The normalized spacial score (nSPS) is 16.3. The van der Waals surface area contributed by atoms with Crippen molar-refractivity contribution in [1.82, 2.24) is 20.0 Å². The summed E-state index contributed by atoms with van der Waals surface area (Å²) < 4.78 is 30.7. The van der Waals surface area contributed by atoms with Gasteiger partial charge >= 0.3 is 0 Å². The first-order chi connectivity index (χ1) is 11.0. The first kappa shape index (κ1) is 15.6. The largest absolute Gasteiger partial charge is 0.360 e. The van der Waals surface area contributed by atoms with E-state index >= 15 is 0 Å². The minimum absolute atomic E-state index is 0.197. The van der Waals surface area contributed by atoms with Gasteiger partial charge in [-0.05, 0) is 6.92 Å². The Morgan fingerprint density at radius 2 is 2.04 bits per heavy atom. The molecular weight excluding hydrogens is 308 g/mol. The fourth-order valence-electron chi connectivity index (χ4n) is 2.55. The molecule has 0 bridgehead atoms. The van der Waals surface area contributed by atoms with E-state index < -0.39 is 17.7 Å². The molecule has 7 nitrogen and oxygen atoms in total. The molecule has 2 aromatic rings. The Morgan fingerprint density at radius 3 is 2.65 bits per heavy atom. The molecule has 0 aromatic carbocycles. The number of halogens is 2. The van der Waals surface area contributed by atoms with Gasteiger partial charge in [-0.25, -0.2) is 13.8 Å². The maximum Gasteiger partial charge on any atom is 0.280 e. The van der Waals surface area contributed by atoms with Crippen molar-refractivity contribution in [3.05, 3.63) is 39.6 Å². The van der Waals surface area contributed by atoms with E-state index in [1.165, 1.54) is 0 Å². The average molecular weight is 325 g/mol. The summed E-state index contributed by atoms with van der Waals surface area (Å²) in [6.07, 6.45) is -2.76. The number of hydrogen-bond donors (Lipinski definition) is 1. The van der Waals surface area contributed by atoms with Gasteiger partial charge in [-0.15, -0.1) is 0 Å². The van der Waals surface area contributed by atoms with Gasteiger partial charge in [0.2, 0.25) is 5.95 Å². The van der Waals surface area contributed by atoms with Crippen LogP contribution in [0.15, 0.2) is 21.5 Å². The zero-order valence-electron chi connectivity index (χ0n) is 12.6. The molecule has 1 aliphatic rings. The summed E-state index contributed by atoms with van der Waals surface area (Å²) in [7, 11) is 0. The number of nitrogens with one attached hydrogen (secondary N) is 1. The summed E-state index contributed by atoms with van der Waals surface area (Å²) >= 11 is 0. The van der Waals surface area contributed by atoms with E-state index in [2.05, 4.69) is 20.0 Å². The topological polar surface area (TPSA) is 78.3 Å². The fourth-order valence-corrected chi connectivity index (χ4v) is 2.55. The zero-order chi connectivity index (χ0) is 16.4. The van der Waals surface area contributed by atoms with Crippen molar-refractivity contribution < 1.29 is 13.3 Å². The van der Waals surface area contributed by atoms with Crippen LogP contribution in [0.3, 0.4) is 0 Å². The van der Waals surface area contributed by atoms with Gasteiger partial charge in [-0.3, -0.25) is 14.7 Å². The van der Waals surface area contributed by atoms with Gasteiger partial charge in [0, 0.05) is 38.3 Å². The van der Waals surface area contributed by atoms with E-state index in [1.807, 2.05) is 13.0 Å². The molecule has 0 atom stereocenters. The molecule has 0 aliphatic carbocycles. The van der Waals surface area contributed by atoms with Crippen LogP contribution in [-0.4, -0.2) is 46.2 Å². The van der Waals surface area contributed by atoms with Gasteiger partial charge in [-0.1, -0.05) is 5.16 Å². The minimum atomic E-state index is -2.76. The molecule has 0 unspecified atom stereocenters. The van der Waals surface area contributed by atoms with Crippen molar-refractivity contribution in [2.75, 3.05) is 31.1 Å². The van der Waals surface area contributed by atoms with Crippen LogP contribution in [0.1, 0.15) is 23.6 Å². The van der Waals surface area contributed by atoms with Crippen molar-refractivity contribution in [1.29, 1.82) is 0 Å². The van der Waals surface area contributed by atoms with Crippen LogP contribution in [0, 0.1) is 6.92 Å². The van der Waals surface area contributed by atoms with Gasteiger partial charge in [-0.2, -0.15) is 0 Å². The van der Waals surface area contributed by atoms with E-state index in [4.69, 9.17) is 4.52 Å². The predicted molar refractivity (Wildman–Crippen MR) is 78.5 cm³/mol. The Hall–Kier alpha value is -2.29. The number of H-pyrrole nitrogens is 1. The van der Waals surface area contributed by atoms with Crippen molar-refractivity contribution >= 4 is 5.95 Å². The quantitative estimate of drug-likeness (QED) is 0.914. The van der Waals surface area contributed by atoms with E-state index in [9.17, 15) is 13.6 Å². The molecule has 1 saturated heterocycles. The van der Waals surface area contributed by atoms with Gasteiger partial charge in [0.15, 0.2) is 5.76 Å².